The van der Waals surface area contributed by atoms with Crippen molar-refractivity contribution in [1.82, 2.24) is 19.6 Å². The van der Waals surface area contributed by atoms with Crippen molar-refractivity contribution in [1.29, 1.82) is 0 Å². The summed E-state index contributed by atoms with van der Waals surface area (Å²) in [6.07, 6.45) is 13.9. The van der Waals surface area contributed by atoms with Crippen LogP contribution >= 0.6 is 0 Å². The first-order chi connectivity index (χ1) is 23.4. The summed E-state index contributed by atoms with van der Waals surface area (Å²) in [5.41, 5.74) is -1.12. The van der Waals surface area contributed by atoms with Gasteiger partial charge in [-0.1, -0.05) is 31.2 Å². The second kappa shape index (κ2) is 16.9. The third-order valence-electron chi connectivity index (χ3n) is 10.0. The van der Waals surface area contributed by atoms with Crippen molar-refractivity contribution in [3.63, 3.8) is 0 Å². The van der Waals surface area contributed by atoms with Gasteiger partial charge in [0, 0.05) is 37.0 Å². The first-order valence-electron chi connectivity index (χ1n) is 18.0. The molecule has 4 amide bonds. The maximum Gasteiger partial charge on any atom is 0.410 e. The van der Waals surface area contributed by atoms with Crippen molar-refractivity contribution >= 4 is 30.2 Å². The highest BCUT2D eigenvalue weighted by Gasteiger charge is 2.49. The highest BCUT2D eigenvalue weighted by molar-refractivity contribution is 5.89. The second-order valence-electron chi connectivity index (χ2n) is 15.8. The summed E-state index contributed by atoms with van der Waals surface area (Å²) in [4.78, 5) is 74.9. The van der Waals surface area contributed by atoms with Gasteiger partial charge in [0.2, 0.25) is 11.8 Å². The van der Waals surface area contributed by atoms with E-state index in [1.807, 2.05) is 57.4 Å². The molecule has 4 saturated heterocycles. The lowest BCUT2D eigenvalue weighted by atomic mass is 9.98. The topological polar surface area (TPSA) is 134 Å². The van der Waals surface area contributed by atoms with Gasteiger partial charge in [0.25, 0.3) is 0 Å². The van der Waals surface area contributed by atoms with Crippen LogP contribution in [0, 0.1) is 11.8 Å². The molecule has 5 heterocycles. The molecule has 0 radical (unpaired) electrons. The average molecular weight is 699 g/mol. The van der Waals surface area contributed by atoms with Crippen LogP contribution in [0.4, 0.5) is 9.59 Å². The second-order valence-corrected chi connectivity index (χ2v) is 15.8. The molecule has 12 heteroatoms. The maximum atomic E-state index is 13.4. The third kappa shape index (κ3) is 9.44. The van der Waals surface area contributed by atoms with Gasteiger partial charge in [-0.25, -0.2) is 9.59 Å². The summed E-state index contributed by atoms with van der Waals surface area (Å²) in [6.45, 7) is 24.1. The molecular weight excluding hydrogens is 640 g/mol. The Labute approximate surface area is 297 Å². The number of hydrogen-bond donors (Lipinski definition) is 0. The van der Waals surface area contributed by atoms with Crippen molar-refractivity contribution in [3.8, 4) is 0 Å². The zero-order chi connectivity index (χ0) is 37.6. The number of carbonyl (C=O) groups excluding carboxylic acids is 6. The van der Waals surface area contributed by atoms with Gasteiger partial charge in [0.15, 0.2) is 0 Å². The monoisotopic (exact) mass is 698 g/mol. The normalized spacial score (nSPS) is 30.1. The number of likely N-dealkylation sites (tertiary alicyclic amines) is 3. The van der Waals surface area contributed by atoms with Crippen LogP contribution in [0.5, 0.6) is 0 Å². The lowest BCUT2D eigenvalue weighted by Gasteiger charge is -2.36. The quantitative estimate of drug-likeness (QED) is 0.340. The minimum atomic E-state index is -0.583. The van der Waals surface area contributed by atoms with Crippen molar-refractivity contribution < 1.29 is 38.2 Å². The number of nitrogens with zero attached hydrogens (tertiary/aromatic N) is 4. The predicted octanol–water partition coefficient (Wildman–Crippen LogP) is 5.73. The van der Waals surface area contributed by atoms with Crippen LogP contribution < -0.4 is 0 Å². The Kier molecular flexibility index (Phi) is 13.7. The highest BCUT2D eigenvalue weighted by atomic mass is 16.6. The zero-order valence-electron chi connectivity index (χ0n) is 31.3. The minimum Gasteiger partial charge on any atom is -0.444 e. The summed E-state index contributed by atoms with van der Waals surface area (Å²) in [5.74, 6) is 0.178. The first-order valence-corrected chi connectivity index (χ1v) is 18.0. The van der Waals surface area contributed by atoms with E-state index in [0.29, 0.717) is 13.1 Å². The lowest BCUT2D eigenvalue weighted by Crippen LogP contribution is -2.53. The molecule has 4 unspecified atom stereocenters. The van der Waals surface area contributed by atoms with E-state index in [1.165, 1.54) is 0 Å². The molecule has 12 nitrogen and oxygen atoms in total. The average Bonchev–Trinajstić information content (AvgIpc) is 3.81. The Morgan fingerprint density at radius 1 is 0.860 bits per heavy atom. The molecule has 0 spiro atoms. The number of ether oxygens (including phenoxy) is 2. The van der Waals surface area contributed by atoms with Gasteiger partial charge in [-0.3, -0.25) is 19.4 Å². The van der Waals surface area contributed by atoms with Crippen molar-refractivity contribution in [3.05, 3.63) is 37.5 Å². The fraction of sp³-hybridized carbons (Fsp3) is 0.711. The molecule has 0 aromatic heterocycles. The van der Waals surface area contributed by atoms with E-state index in [-0.39, 0.29) is 60.1 Å². The van der Waals surface area contributed by atoms with E-state index in [4.69, 9.17) is 19.1 Å². The molecule has 4 fully saturated rings. The van der Waals surface area contributed by atoms with Crippen LogP contribution in [-0.4, -0.2) is 110 Å². The molecule has 50 heavy (non-hydrogen) atoms. The molecule has 0 aromatic carbocycles. The predicted molar refractivity (Wildman–Crippen MR) is 187 cm³/mol. The fourth-order valence-electron chi connectivity index (χ4n) is 7.82. The molecule has 0 saturated carbocycles. The Hall–Kier alpha value is -3.92. The molecule has 5 rings (SSSR count). The van der Waals surface area contributed by atoms with Crippen LogP contribution in [0.2, 0.25) is 0 Å². The summed E-state index contributed by atoms with van der Waals surface area (Å²) >= 11 is 0. The summed E-state index contributed by atoms with van der Waals surface area (Å²) in [7, 11) is 0. The SMILES string of the molecule is C=CC1CC[C@@H](CC)N1C(=O)C1[C@@H](C=C)CCN1C(=O)OC(C)(C)C.C[C@@H]1CCC2C=C[C@H]3CCN(C(=O)OC(C)(C)C)C3C(=O)N21.O=C=O. The summed E-state index contributed by atoms with van der Waals surface area (Å²) in [5, 5.41) is 0. The van der Waals surface area contributed by atoms with Crippen LogP contribution in [0.25, 0.3) is 0 Å². The summed E-state index contributed by atoms with van der Waals surface area (Å²) < 4.78 is 11.0. The van der Waals surface area contributed by atoms with E-state index in [2.05, 4.69) is 39.2 Å². The van der Waals surface area contributed by atoms with Crippen molar-refractivity contribution in [2.75, 3.05) is 13.1 Å². The van der Waals surface area contributed by atoms with Gasteiger partial charge < -0.3 is 19.3 Å². The molecule has 278 valence electrons. The summed E-state index contributed by atoms with van der Waals surface area (Å²) in [6, 6.07) is -0.208. The molecule has 5 aliphatic heterocycles. The standard InChI is InChI=1S/C20H32N2O3.C17H26N2O3.CO2/c1-7-14-12-13-21(19(24)25-20(4,5)6)17(14)18(23)22-15(8-2)10-11-16(22)9-3;1-11-5-7-13-8-6-12-9-10-18(14(12)15(20)19(11)13)16(21)22-17(2,3)4;2-1-3/h7-8,14-17H,1-2,9-13H2,3-6H3;6,8,11-14H,5,7,9-10H2,1-4H3;/t14-,15?,16+,17?;11-,12+,13?,14?;/m01./s1. The van der Waals surface area contributed by atoms with E-state index < -0.39 is 29.4 Å². The maximum absolute atomic E-state index is 13.4. The molecule has 8 atom stereocenters. The smallest absolute Gasteiger partial charge is 0.410 e. The number of hydrogen-bond acceptors (Lipinski definition) is 8. The number of amides is 4. The van der Waals surface area contributed by atoms with Crippen LogP contribution in [0.15, 0.2) is 37.5 Å². The van der Waals surface area contributed by atoms with Crippen molar-refractivity contribution in [2.45, 2.75) is 148 Å². The highest BCUT2D eigenvalue weighted by Crippen LogP contribution is 2.37. The van der Waals surface area contributed by atoms with E-state index in [9.17, 15) is 19.2 Å². The lowest BCUT2D eigenvalue weighted by molar-refractivity contribution is -0.191. The third-order valence-corrected chi connectivity index (χ3v) is 10.0. The zero-order valence-corrected chi connectivity index (χ0v) is 31.3. The number of rotatable bonds is 4. The number of fused-ring (bicyclic) bond motifs is 2. The van der Waals surface area contributed by atoms with Gasteiger partial charge in [0.1, 0.15) is 23.3 Å². The van der Waals surface area contributed by atoms with Crippen LogP contribution in [0.3, 0.4) is 0 Å². The first kappa shape index (κ1) is 40.5. The minimum absolute atomic E-state index is 0.00232. The molecule has 0 N–H and O–H groups in total. The van der Waals surface area contributed by atoms with Gasteiger partial charge >= 0.3 is 18.3 Å². The Balaban J connectivity index is 0.000000252. The molecule has 0 bridgehead atoms. The van der Waals surface area contributed by atoms with Crippen LogP contribution in [0.1, 0.15) is 100 Å². The number of carbonyl (C=O) groups is 4. The molecular formula is C38H58N4O8. The molecule has 0 aliphatic carbocycles. The van der Waals surface area contributed by atoms with Crippen molar-refractivity contribution in [2.24, 2.45) is 11.8 Å². The Morgan fingerprint density at radius 3 is 1.98 bits per heavy atom. The van der Waals surface area contributed by atoms with Gasteiger partial charge in [-0.2, -0.15) is 9.59 Å². The van der Waals surface area contributed by atoms with Gasteiger partial charge in [-0.15, -0.1) is 13.2 Å². The fourth-order valence-corrected chi connectivity index (χ4v) is 7.82. The van der Waals surface area contributed by atoms with Gasteiger partial charge in [-0.05, 0) is 93.4 Å². The largest absolute Gasteiger partial charge is 0.444 e. The Bertz CT molecular complexity index is 1330. The van der Waals surface area contributed by atoms with Crippen LogP contribution in [-0.2, 0) is 28.7 Å². The molecule has 5 aliphatic rings. The van der Waals surface area contributed by atoms with E-state index in [0.717, 1.165) is 44.9 Å². The Morgan fingerprint density at radius 2 is 1.44 bits per heavy atom. The van der Waals surface area contributed by atoms with Gasteiger partial charge in [0.05, 0.1) is 12.1 Å². The van der Waals surface area contributed by atoms with E-state index >= 15 is 0 Å². The van der Waals surface area contributed by atoms with E-state index in [1.54, 1.807) is 15.9 Å². The molecule has 0 aromatic rings.